The second-order valence-corrected chi connectivity index (χ2v) is 4.12. The summed E-state index contributed by atoms with van der Waals surface area (Å²) in [5.41, 5.74) is -0.355. The number of ketones is 2. The average Bonchev–Trinajstić information content (AvgIpc) is 2.86. The Morgan fingerprint density at radius 3 is 1.95 bits per heavy atom. The predicted octanol–water partition coefficient (Wildman–Crippen LogP) is 3.48. The molecule has 1 N–H and O–H groups in total. The summed E-state index contributed by atoms with van der Waals surface area (Å²) in [7, 11) is 0. The van der Waals surface area contributed by atoms with Crippen LogP contribution in [0.25, 0.3) is 0 Å². The SMILES string of the molecule is CCC(=O)CC(=O)C(F)(F)F.CCc1cc(C(F)(F)F)n[nH]1. The Bertz CT molecular complexity index is 504. The van der Waals surface area contributed by atoms with Crippen LogP contribution in [-0.4, -0.2) is 27.9 Å². The van der Waals surface area contributed by atoms with Gasteiger partial charge in [-0.2, -0.15) is 31.4 Å². The number of halogens is 6. The number of aromatic amines is 1. The van der Waals surface area contributed by atoms with Crippen LogP contribution in [0.1, 0.15) is 38.1 Å². The molecule has 0 atom stereocenters. The molecule has 0 aliphatic rings. The Morgan fingerprint density at radius 1 is 1.14 bits per heavy atom. The number of hydrogen-bond acceptors (Lipinski definition) is 3. The maximum atomic E-state index is 11.9. The topological polar surface area (TPSA) is 62.8 Å². The molecule has 22 heavy (non-hydrogen) atoms. The van der Waals surface area contributed by atoms with Gasteiger partial charge in [0.1, 0.15) is 5.78 Å². The van der Waals surface area contributed by atoms with Gasteiger partial charge in [0.25, 0.3) is 0 Å². The third kappa shape index (κ3) is 7.23. The number of nitrogens with one attached hydrogen (secondary N) is 1. The molecule has 0 fully saturated rings. The van der Waals surface area contributed by atoms with Gasteiger partial charge in [0.2, 0.25) is 5.78 Å². The minimum Gasteiger partial charge on any atom is -0.299 e. The van der Waals surface area contributed by atoms with Gasteiger partial charge in [-0.1, -0.05) is 13.8 Å². The molecule has 0 aliphatic heterocycles. The summed E-state index contributed by atoms with van der Waals surface area (Å²) in [6.07, 6.45) is -9.74. The first-order valence-electron chi connectivity index (χ1n) is 6.15. The molecule has 1 rings (SSSR count). The Hall–Kier alpha value is -1.87. The summed E-state index contributed by atoms with van der Waals surface area (Å²) < 4.78 is 69.9. The number of hydrogen-bond donors (Lipinski definition) is 1. The van der Waals surface area contributed by atoms with Gasteiger partial charge in [0, 0.05) is 12.1 Å². The monoisotopic (exact) mass is 332 g/mol. The van der Waals surface area contributed by atoms with E-state index in [1.165, 1.54) is 6.92 Å². The standard InChI is InChI=1S/C6H7F3N2.C6H7F3O2/c1-2-4-3-5(11-10-4)6(7,8)9;1-2-4(10)3-5(11)6(7,8)9/h3H,2H2,1H3,(H,10,11);2-3H2,1H3. The fourth-order valence-electron chi connectivity index (χ4n) is 1.09. The lowest BCUT2D eigenvalue weighted by molar-refractivity contribution is -0.171. The summed E-state index contributed by atoms with van der Waals surface area (Å²) in [6, 6.07) is 1.01. The second kappa shape index (κ2) is 7.95. The Kier molecular flexibility index (Phi) is 7.27. The van der Waals surface area contributed by atoms with Gasteiger partial charge in [-0.15, -0.1) is 0 Å². The normalized spacial score (nSPS) is 11.6. The second-order valence-electron chi connectivity index (χ2n) is 4.12. The third-order valence-corrected chi connectivity index (χ3v) is 2.37. The van der Waals surface area contributed by atoms with E-state index < -0.39 is 36.0 Å². The molecule has 0 aromatic carbocycles. The number of carbonyl (C=O) groups excluding carboxylic acids is 2. The molecule has 0 radical (unpaired) electrons. The highest BCUT2D eigenvalue weighted by atomic mass is 19.4. The molecule has 0 saturated carbocycles. The molecule has 0 spiro atoms. The molecule has 0 amide bonds. The van der Waals surface area contributed by atoms with Crippen molar-refractivity contribution in [2.45, 2.75) is 45.5 Å². The highest BCUT2D eigenvalue weighted by Crippen LogP contribution is 2.27. The molecule has 0 saturated heterocycles. The van der Waals surface area contributed by atoms with Crippen LogP contribution in [0.4, 0.5) is 26.3 Å². The zero-order valence-corrected chi connectivity index (χ0v) is 11.7. The first kappa shape index (κ1) is 20.1. The number of aromatic nitrogens is 2. The third-order valence-electron chi connectivity index (χ3n) is 2.37. The van der Waals surface area contributed by atoms with Crippen molar-refractivity contribution in [1.82, 2.24) is 10.2 Å². The van der Waals surface area contributed by atoms with Gasteiger partial charge in [0.05, 0.1) is 6.42 Å². The summed E-state index contributed by atoms with van der Waals surface area (Å²) in [6.45, 7) is 3.17. The lowest BCUT2D eigenvalue weighted by Crippen LogP contribution is -2.24. The smallest absolute Gasteiger partial charge is 0.299 e. The molecule has 1 aromatic heterocycles. The van der Waals surface area contributed by atoms with E-state index in [1.807, 2.05) is 0 Å². The number of carbonyl (C=O) groups is 2. The first-order chi connectivity index (χ1) is 9.91. The Balaban J connectivity index is 0.000000401. The molecule has 4 nitrogen and oxygen atoms in total. The van der Waals surface area contributed by atoms with Gasteiger partial charge in [0.15, 0.2) is 5.69 Å². The van der Waals surface area contributed by atoms with Crippen LogP contribution in [0.2, 0.25) is 0 Å². The van der Waals surface area contributed by atoms with E-state index in [2.05, 4.69) is 10.2 Å². The van der Waals surface area contributed by atoms with E-state index in [0.717, 1.165) is 6.07 Å². The van der Waals surface area contributed by atoms with Crippen LogP contribution < -0.4 is 0 Å². The number of aryl methyl sites for hydroxylation is 1. The number of Topliss-reactive ketones (excluding diaryl/α,β-unsaturated/α-hetero) is 2. The van der Waals surface area contributed by atoms with Crippen LogP contribution in [-0.2, 0) is 22.2 Å². The van der Waals surface area contributed by atoms with E-state index in [4.69, 9.17) is 0 Å². The molecule has 0 unspecified atom stereocenters. The minimum atomic E-state index is -4.87. The average molecular weight is 332 g/mol. The zero-order valence-electron chi connectivity index (χ0n) is 11.7. The summed E-state index contributed by atoms with van der Waals surface area (Å²) >= 11 is 0. The maximum absolute atomic E-state index is 11.9. The van der Waals surface area contributed by atoms with Crippen molar-refractivity contribution in [3.63, 3.8) is 0 Å². The fraction of sp³-hybridized carbons (Fsp3) is 0.583. The highest BCUT2D eigenvalue weighted by molar-refractivity contribution is 6.01. The van der Waals surface area contributed by atoms with E-state index in [1.54, 1.807) is 6.92 Å². The Labute approximate surface area is 121 Å². The van der Waals surface area contributed by atoms with Gasteiger partial charge in [-0.3, -0.25) is 14.7 Å². The van der Waals surface area contributed by atoms with E-state index in [9.17, 15) is 35.9 Å². The zero-order chi connectivity index (χ0) is 17.6. The van der Waals surface area contributed by atoms with Crippen molar-refractivity contribution in [3.8, 4) is 0 Å². The van der Waals surface area contributed by atoms with Gasteiger partial charge >= 0.3 is 12.4 Å². The van der Waals surface area contributed by atoms with Crippen LogP contribution in [0.15, 0.2) is 6.07 Å². The molecular formula is C12H14F6N2O2. The van der Waals surface area contributed by atoms with E-state index in [-0.39, 0.29) is 6.42 Å². The summed E-state index contributed by atoms with van der Waals surface area (Å²) in [5, 5.41) is 5.40. The van der Waals surface area contributed by atoms with Crippen molar-refractivity contribution in [3.05, 3.63) is 17.5 Å². The fourth-order valence-corrected chi connectivity index (χ4v) is 1.09. The first-order valence-corrected chi connectivity index (χ1v) is 6.15. The molecule has 1 heterocycles. The van der Waals surface area contributed by atoms with E-state index >= 15 is 0 Å². The van der Waals surface area contributed by atoms with Crippen LogP contribution in [0.5, 0.6) is 0 Å². The largest absolute Gasteiger partial charge is 0.450 e. The van der Waals surface area contributed by atoms with Crippen LogP contribution >= 0.6 is 0 Å². The Morgan fingerprint density at radius 2 is 1.68 bits per heavy atom. The van der Waals surface area contributed by atoms with Crippen LogP contribution in [0, 0.1) is 0 Å². The summed E-state index contributed by atoms with van der Waals surface area (Å²) in [5.74, 6) is -2.66. The van der Waals surface area contributed by atoms with Crippen molar-refractivity contribution in [1.29, 1.82) is 0 Å². The number of nitrogens with zero attached hydrogens (tertiary/aromatic N) is 1. The predicted molar refractivity (Wildman–Crippen MR) is 63.9 cm³/mol. The van der Waals surface area contributed by atoms with Gasteiger partial charge in [-0.25, -0.2) is 0 Å². The number of rotatable bonds is 4. The molecular weight excluding hydrogens is 318 g/mol. The molecule has 10 heteroatoms. The van der Waals surface area contributed by atoms with Crippen LogP contribution in [0.3, 0.4) is 0 Å². The number of H-pyrrole nitrogens is 1. The molecule has 126 valence electrons. The quantitative estimate of drug-likeness (QED) is 0.678. The maximum Gasteiger partial charge on any atom is 0.450 e. The molecule has 0 bridgehead atoms. The lowest BCUT2D eigenvalue weighted by atomic mass is 10.1. The van der Waals surface area contributed by atoms with Crippen molar-refractivity contribution < 1.29 is 35.9 Å². The van der Waals surface area contributed by atoms with E-state index in [0.29, 0.717) is 12.1 Å². The number of alkyl halides is 6. The summed E-state index contributed by atoms with van der Waals surface area (Å²) in [4.78, 5) is 20.4. The van der Waals surface area contributed by atoms with Gasteiger partial charge in [-0.05, 0) is 12.5 Å². The lowest BCUT2D eigenvalue weighted by Gasteiger charge is -2.02. The van der Waals surface area contributed by atoms with Crippen molar-refractivity contribution in [2.24, 2.45) is 0 Å². The highest BCUT2D eigenvalue weighted by Gasteiger charge is 2.38. The van der Waals surface area contributed by atoms with Gasteiger partial charge < -0.3 is 0 Å². The molecule has 1 aromatic rings. The molecule has 0 aliphatic carbocycles. The van der Waals surface area contributed by atoms with Crippen molar-refractivity contribution >= 4 is 11.6 Å². The van der Waals surface area contributed by atoms with Crippen molar-refractivity contribution in [2.75, 3.05) is 0 Å². The minimum absolute atomic E-state index is 0.0399.